The fourth-order valence-corrected chi connectivity index (χ4v) is 1.50. The van der Waals surface area contributed by atoms with Crippen LogP contribution >= 0.6 is 0 Å². The van der Waals surface area contributed by atoms with Crippen molar-refractivity contribution in [1.29, 1.82) is 0 Å². The van der Waals surface area contributed by atoms with Gasteiger partial charge in [0.05, 0.1) is 11.7 Å². The molecule has 0 aliphatic rings. The number of amides is 2. The summed E-state index contributed by atoms with van der Waals surface area (Å²) < 4.78 is 0. The number of hydrogen-bond donors (Lipinski definition) is 2. The molecule has 0 aromatic carbocycles. The second-order valence-corrected chi connectivity index (χ2v) is 5.17. The summed E-state index contributed by atoms with van der Waals surface area (Å²) in [5, 5.41) is 5.96. The first kappa shape index (κ1) is 15.9. The van der Waals surface area contributed by atoms with Gasteiger partial charge in [0.2, 0.25) is 11.8 Å². The molecule has 0 fully saturated rings. The lowest BCUT2D eigenvalue weighted by Gasteiger charge is -2.38. The molecule has 2 amide bonds. The molecule has 0 saturated heterocycles. The predicted molar refractivity (Wildman–Crippen MR) is 68.4 cm³/mol. The molecule has 5 heteroatoms. The van der Waals surface area contributed by atoms with Crippen molar-refractivity contribution in [2.75, 3.05) is 7.05 Å². The predicted octanol–water partition coefficient (Wildman–Crippen LogP) is 0.704. The Balaban J connectivity index is 4.50. The first-order valence-electron chi connectivity index (χ1n) is 5.90. The van der Waals surface area contributed by atoms with Crippen LogP contribution in [0, 0.1) is 0 Å². The van der Waals surface area contributed by atoms with Gasteiger partial charge in [-0.1, -0.05) is 0 Å². The van der Waals surface area contributed by atoms with Crippen molar-refractivity contribution in [3.63, 3.8) is 0 Å². The van der Waals surface area contributed by atoms with Crippen molar-refractivity contribution in [2.45, 2.75) is 59.3 Å². The second-order valence-electron chi connectivity index (χ2n) is 5.17. The van der Waals surface area contributed by atoms with Gasteiger partial charge < -0.3 is 10.2 Å². The van der Waals surface area contributed by atoms with E-state index >= 15 is 0 Å². The molecule has 0 aromatic rings. The first-order valence-corrected chi connectivity index (χ1v) is 5.90. The number of nitrogens with one attached hydrogen (secondary N) is 2. The summed E-state index contributed by atoms with van der Waals surface area (Å²) in [5.41, 5.74) is -0.556. The third kappa shape index (κ3) is 5.17. The van der Waals surface area contributed by atoms with E-state index in [1.54, 1.807) is 18.9 Å². The van der Waals surface area contributed by atoms with Crippen molar-refractivity contribution < 1.29 is 9.59 Å². The molecule has 0 aliphatic heterocycles. The smallest absolute Gasteiger partial charge is 0.237 e. The van der Waals surface area contributed by atoms with E-state index in [4.69, 9.17) is 0 Å². The van der Waals surface area contributed by atoms with Gasteiger partial charge in [0.25, 0.3) is 0 Å². The lowest BCUT2D eigenvalue weighted by molar-refractivity contribution is -0.135. The monoisotopic (exact) mass is 243 g/mol. The lowest BCUT2D eigenvalue weighted by Crippen LogP contribution is -2.60. The Bertz CT molecular complexity index is 287. The van der Waals surface area contributed by atoms with Crippen LogP contribution in [0.25, 0.3) is 0 Å². The fraction of sp³-hybridized carbons (Fsp3) is 0.833. The molecule has 0 saturated carbocycles. The molecule has 0 rings (SSSR count). The number of rotatable bonds is 5. The molecule has 1 atom stereocenters. The van der Waals surface area contributed by atoms with Gasteiger partial charge in [-0.15, -0.1) is 0 Å². The second kappa shape index (κ2) is 6.00. The van der Waals surface area contributed by atoms with Crippen molar-refractivity contribution in [3.05, 3.63) is 0 Å². The Kier molecular flexibility index (Phi) is 5.61. The van der Waals surface area contributed by atoms with E-state index in [9.17, 15) is 9.59 Å². The van der Waals surface area contributed by atoms with Crippen LogP contribution < -0.4 is 10.6 Å². The molecule has 0 heterocycles. The van der Waals surface area contributed by atoms with Crippen LogP contribution in [-0.4, -0.2) is 41.5 Å². The summed E-state index contributed by atoms with van der Waals surface area (Å²) in [6.45, 7) is 10.9. The summed E-state index contributed by atoms with van der Waals surface area (Å²) >= 11 is 0. The Morgan fingerprint density at radius 1 is 1.18 bits per heavy atom. The van der Waals surface area contributed by atoms with Crippen LogP contribution in [0.2, 0.25) is 0 Å². The summed E-state index contributed by atoms with van der Waals surface area (Å²) in [4.78, 5) is 24.6. The van der Waals surface area contributed by atoms with Crippen LogP contribution in [0.3, 0.4) is 0 Å². The van der Waals surface area contributed by atoms with E-state index in [1.165, 1.54) is 6.92 Å². The molecule has 17 heavy (non-hydrogen) atoms. The van der Waals surface area contributed by atoms with Gasteiger partial charge in [0, 0.05) is 20.0 Å². The van der Waals surface area contributed by atoms with Crippen molar-refractivity contribution in [1.82, 2.24) is 15.5 Å². The molecular formula is C12H25N3O2. The van der Waals surface area contributed by atoms with Gasteiger partial charge in [-0.25, -0.2) is 0 Å². The third-order valence-corrected chi connectivity index (χ3v) is 2.70. The highest BCUT2D eigenvalue weighted by Gasteiger charge is 2.29. The Hall–Kier alpha value is -1.10. The summed E-state index contributed by atoms with van der Waals surface area (Å²) in [7, 11) is 1.71. The topological polar surface area (TPSA) is 61.4 Å². The maximum Gasteiger partial charge on any atom is 0.237 e. The molecule has 0 bridgehead atoms. The first-order chi connectivity index (χ1) is 7.58. The van der Waals surface area contributed by atoms with Crippen LogP contribution in [0.5, 0.6) is 0 Å². The molecule has 100 valence electrons. The van der Waals surface area contributed by atoms with Crippen molar-refractivity contribution in [3.8, 4) is 0 Å². The van der Waals surface area contributed by atoms with Crippen molar-refractivity contribution in [2.24, 2.45) is 0 Å². The number of nitrogens with zero attached hydrogens (tertiary/aromatic N) is 1. The van der Waals surface area contributed by atoms with Crippen LogP contribution in [-0.2, 0) is 9.59 Å². The zero-order valence-corrected chi connectivity index (χ0v) is 11.9. The standard InChI is InChI=1S/C12H25N3O2/c1-8(2)13-11(17)9(3)14-12(5,6)15(7)10(4)16/h8-9,14H,1-7H3,(H,13,17). The fourth-order valence-electron chi connectivity index (χ4n) is 1.50. The van der Waals surface area contributed by atoms with Gasteiger partial charge in [-0.3, -0.25) is 14.9 Å². The van der Waals surface area contributed by atoms with Gasteiger partial charge in [-0.2, -0.15) is 0 Å². The summed E-state index contributed by atoms with van der Waals surface area (Å²) in [5.74, 6) is -0.107. The number of hydrogen-bond acceptors (Lipinski definition) is 3. The van der Waals surface area contributed by atoms with E-state index in [1.807, 2.05) is 27.7 Å². The molecule has 2 N–H and O–H groups in total. The van der Waals surface area contributed by atoms with Crippen LogP contribution in [0.15, 0.2) is 0 Å². The summed E-state index contributed by atoms with van der Waals surface area (Å²) in [6.07, 6.45) is 0. The zero-order chi connectivity index (χ0) is 13.8. The molecule has 0 aliphatic carbocycles. The van der Waals surface area contributed by atoms with E-state index in [-0.39, 0.29) is 23.9 Å². The van der Waals surface area contributed by atoms with Crippen molar-refractivity contribution >= 4 is 11.8 Å². The summed E-state index contributed by atoms with van der Waals surface area (Å²) in [6, 6.07) is -0.241. The molecule has 0 radical (unpaired) electrons. The quantitative estimate of drug-likeness (QED) is 0.699. The minimum absolute atomic E-state index is 0.0426. The maximum atomic E-state index is 11.7. The minimum atomic E-state index is -0.556. The normalized spacial score (nSPS) is 13.4. The van der Waals surface area contributed by atoms with E-state index in [0.717, 1.165) is 0 Å². The lowest BCUT2D eigenvalue weighted by atomic mass is 10.1. The zero-order valence-electron chi connectivity index (χ0n) is 11.9. The molecule has 1 unspecified atom stereocenters. The Morgan fingerprint density at radius 2 is 1.65 bits per heavy atom. The van der Waals surface area contributed by atoms with Crippen LogP contribution in [0.4, 0.5) is 0 Å². The van der Waals surface area contributed by atoms with E-state index in [0.29, 0.717) is 0 Å². The molecular weight excluding hydrogens is 218 g/mol. The Labute approximate surface area is 104 Å². The maximum absolute atomic E-state index is 11.7. The highest BCUT2D eigenvalue weighted by atomic mass is 16.2. The van der Waals surface area contributed by atoms with Crippen LogP contribution in [0.1, 0.15) is 41.5 Å². The SMILES string of the molecule is CC(=O)N(C)C(C)(C)NC(C)C(=O)NC(C)C. The van der Waals surface area contributed by atoms with E-state index in [2.05, 4.69) is 10.6 Å². The largest absolute Gasteiger partial charge is 0.353 e. The Morgan fingerprint density at radius 3 is 2.00 bits per heavy atom. The molecule has 5 nitrogen and oxygen atoms in total. The highest BCUT2D eigenvalue weighted by Crippen LogP contribution is 2.09. The van der Waals surface area contributed by atoms with Gasteiger partial charge >= 0.3 is 0 Å². The third-order valence-electron chi connectivity index (χ3n) is 2.70. The minimum Gasteiger partial charge on any atom is -0.353 e. The van der Waals surface area contributed by atoms with Gasteiger partial charge in [-0.05, 0) is 34.6 Å². The van der Waals surface area contributed by atoms with Gasteiger partial charge in [0.15, 0.2) is 0 Å². The highest BCUT2D eigenvalue weighted by molar-refractivity contribution is 5.81. The average Bonchev–Trinajstić information content (AvgIpc) is 2.14. The van der Waals surface area contributed by atoms with E-state index < -0.39 is 5.66 Å². The van der Waals surface area contributed by atoms with Gasteiger partial charge in [0.1, 0.15) is 0 Å². The average molecular weight is 243 g/mol. The number of carbonyl (C=O) groups excluding carboxylic acids is 2. The molecule has 0 spiro atoms. The number of carbonyl (C=O) groups is 2. The molecule has 0 aromatic heterocycles.